The second kappa shape index (κ2) is 9.28. The highest BCUT2D eigenvalue weighted by Gasteiger charge is 2.09. The molecule has 2 N–H and O–H groups in total. The Bertz CT molecular complexity index is 615. The molecule has 3 nitrogen and oxygen atoms in total. The van der Waals surface area contributed by atoms with Gasteiger partial charge >= 0.3 is 0 Å². The molecule has 5 heteroatoms. The average Bonchev–Trinajstić information content (AvgIpc) is 2.56. The van der Waals surface area contributed by atoms with Gasteiger partial charge in [-0.3, -0.25) is 0 Å². The largest absolute Gasteiger partial charge is 0.489 e. The van der Waals surface area contributed by atoms with Crippen LogP contribution in [0.2, 0.25) is 5.02 Å². The van der Waals surface area contributed by atoms with E-state index in [4.69, 9.17) is 16.3 Å². The molecule has 1 unspecified atom stereocenters. The van der Waals surface area contributed by atoms with E-state index in [0.29, 0.717) is 13.2 Å². The van der Waals surface area contributed by atoms with Crippen molar-refractivity contribution in [2.24, 2.45) is 0 Å². The molecule has 0 saturated carbocycles. The van der Waals surface area contributed by atoms with E-state index in [0.717, 1.165) is 32.8 Å². The molecule has 0 aliphatic carbocycles. The van der Waals surface area contributed by atoms with Crippen molar-refractivity contribution in [3.05, 3.63) is 63.1 Å². The molecule has 0 saturated heterocycles. The summed E-state index contributed by atoms with van der Waals surface area (Å²) in [7, 11) is 0. The molecule has 2 aromatic rings. The molecule has 0 radical (unpaired) electrons. The molecule has 0 fully saturated rings. The summed E-state index contributed by atoms with van der Waals surface area (Å²) in [4.78, 5) is 0. The molecule has 2 aromatic carbocycles. The summed E-state index contributed by atoms with van der Waals surface area (Å²) in [6.07, 6.45) is 0.880. The Morgan fingerprint density at radius 3 is 2.61 bits per heavy atom. The van der Waals surface area contributed by atoms with Crippen LogP contribution in [0.1, 0.15) is 24.5 Å². The van der Waals surface area contributed by atoms with Crippen molar-refractivity contribution in [3.63, 3.8) is 0 Å². The van der Waals surface area contributed by atoms with Crippen LogP contribution in [0.15, 0.2) is 46.9 Å². The van der Waals surface area contributed by atoms with Crippen molar-refractivity contribution in [1.29, 1.82) is 0 Å². The van der Waals surface area contributed by atoms with E-state index in [9.17, 15) is 5.11 Å². The lowest BCUT2D eigenvalue weighted by Gasteiger charge is -2.17. The highest BCUT2D eigenvalue weighted by molar-refractivity contribution is 9.10. The average molecular weight is 399 g/mol. The Morgan fingerprint density at radius 2 is 1.96 bits per heavy atom. The minimum atomic E-state index is 0.0955. The maximum atomic E-state index is 9.29. The number of nitrogens with one attached hydrogen (secondary N) is 1. The molecule has 0 aliphatic rings. The van der Waals surface area contributed by atoms with Crippen molar-refractivity contribution < 1.29 is 9.84 Å². The Morgan fingerprint density at radius 1 is 1.22 bits per heavy atom. The fourth-order valence-corrected chi connectivity index (χ4v) is 2.70. The summed E-state index contributed by atoms with van der Waals surface area (Å²) >= 11 is 9.39. The van der Waals surface area contributed by atoms with Gasteiger partial charge in [-0.15, -0.1) is 0 Å². The van der Waals surface area contributed by atoms with Gasteiger partial charge in [-0.2, -0.15) is 0 Å². The lowest BCUT2D eigenvalue weighted by Crippen LogP contribution is -2.31. The first-order valence-corrected chi connectivity index (χ1v) is 8.79. The maximum Gasteiger partial charge on any atom is 0.124 e. The second-order valence-electron chi connectivity index (χ2n) is 5.34. The van der Waals surface area contributed by atoms with Gasteiger partial charge in [0, 0.05) is 27.6 Å². The van der Waals surface area contributed by atoms with Crippen LogP contribution < -0.4 is 10.1 Å². The van der Waals surface area contributed by atoms with Gasteiger partial charge in [0.05, 0.1) is 6.61 Å². The monoisotopic (exact) mass is 397 g/mol. The zero-order chi connectivity index (χ0) is 16.7. The quantitative estimate of drug-likeness (QED) is 0.686. The number of aliphatic hydroxyl groups excluding tert-OH is 1. The molecular formula is C18H21BrClNO2. The van der Waals surface area contributed by atoms with E-state index in [1.54, 1.807) is 0 Å². The van der Waals surface area contributed by atoms with Crippen LogP contribution in [0.5, 0.6) is 5.75 Å². The van der Waals surface area contributed by atoms with Gasteiger partial charge < -0.3 is 15.2 Å². The number of ether oxygens (including phenoxy) is 1. The standard InChI is InChI=1S/C18H21BrClNO2/c1-2-17(11-22)21-10-14-9-15(19)5-8-18(14)23-12-13-3-6-16(20)7-4-13/h3-9,17,21-22H,2,10-12H2,1H3. The maximum absolute atomic E-state index is 9.29. The van der Waals surface area contributed by atoms with Crippen LogP contribution >= 0.6 is 27.5 Å². The SMILES string of the molecule is CCC(CO)NCc1cc(Br)ccc1OCc1ccc(Cl)cc1. The molecule has 0 heterocycles. The predicted molar refractivity (Wildman–Crippen MR) is 97.9 cm³/mol. The fourth-order valence-electron chi connectivity index (χ4n) is 2.16. The summed E-state index contributed by atoms with van der Waals surface area (Å²) < 4.78 is 6.96. The van der Waals surface area contributed by atoms with Gasteiger partial charge in [-0.25, -0.2) is 0 Å². The third kappa shape index (κ3) is 5.81. The molecule has 124 valence electrons. The van der Waals surface area contributed by atoms with E-state index in [-0.39, 0.29) is 12.6 Å². The first-order chi connectivity index (χ1) is 11.1. The topological polar surface area (TPSA) is 41.5 Å². The molecule has 0 aliphatic heterocycles. The van der Waals surface area contributed by atoms with E-state index in [1.807, 2.05) is 49.4 Å². The normalized spacial score (nSPS) is 12.2. The molecule has 0 aromatic heterocycles. The van der Waals surface area contributed by atoms with Crippen molar-refractivity contribution in [2.45, 2.75) is 32.5 Å². The smallest absolute Gasteiger partial charge is 0.124 e. The predicted octanol–water partition coefficient (Wildman–Crippen LogP) is 4.54. The number of aliphatic hydroxyl groups is 1. The van der Waals surface area contributed by atoms with Crippen LogP contribution in [-0.4, -0.2) is 17.8 Å². The molecule has 2 rings (SSSR count). The van der Waals surface area contributed by atoms with Crippen molar-refractivity contribution in [1.82, 2.24) is 5.32 Å². The minimum Gasteiger partial charge on any atom is -0.489 e. The summed E-state index contributed by atoms with van der Waals surface area (Å²) in [6.45, 7) is 3.32. The lowest BCUT2D eigenvalue weighted by molar-refractivity contribution is 0.237. The van der Waals surface area contributed by atoms with Crippen LogP contribution in [0.25, 0.3) is 0 Å². The van der Waals surface area contributed by atoms with Gasteiger partial charge in [0.15, 0.2) is 0 Å². The van der Waals surface area contributed by atoms with Crippen molar-refractivity contribution in [3.8, 4) is 5.75 Å². The second-order valence-corrected chi connectivity index (χ2v) is 6.69. The molecule has 23 heavy (non-hydrogen) atoms. The van der Waals surface area contributed by atoms with E-state index in [1.165, 1.54) is 0 Å². The molecular weight excluding hydrogens is 378 g/mol. The zero-order valence-electron chi connectivity index (χ0n) is 13.1. The van der Waals surface area contributed by atoms with Crippen molar-refractivity contribution in [2.75, 3.05) is 6.61 Å². The van der Waals surface area contributed by atoms with Crippen LogP contribution in [-0.2, 0) is 13.2 Å². The van der Waals surface area contributed by atoms with Gasteiger partial charge in [-0.05, 0) is 42.3 Å². The van der Waals surface area contributed by atoms with E-state index < -0.39 is 0 Å². The van der Waals surface area contributed by atoms with Crippen LogP contribution in [0.4, 0.5) is 0 Å². The molecule has 1 atom stereocenters. The van der Waals surface area contributed by atoms with Gasteiger partial charge in [-0.1, -0.05) is 46.6 Å². The third-order valence-corrected chi connectivity index (χ3v) is 4.37. The molecule has 0 bridgehead atoms. The fraction of sp³-hybridized carbons (Fsp3) is 0.333. The first kappa shape index (κ1) is 18.3. The van der Waals surface area contributed by atoms with Gasteiger partial charge in [0.1, 0.15) is 12.4 Å². The third-order valence-electron chi connectivity index (χ3n) is 3.62. The molecule has 0 amide bonds. The number of rotatable bonds is 8. The van der Waals surface area contributed by atoms with Crippen molar-refractivity contribution >= 4 is 27.5 Å². The van der Waals surface area contributed by atoms with Gasteiger partial charge in [0.2, 0.25) is 0 Å². The zero-order valence-corrected chi connectivity index (χ0v) is 15.4. The lowest BCUT2D eigenvalue weighted by atomic mass is 10.1. The Kier molecular flexibility index (Phi) is 7.37. The van der Waals surface area contributed by atoms with Crippen LogP contribution in [0, 0.1) is 0 Å². The Balaban J connectivity index is 2.04. The number of hydrogen-bond donors (Lipinski definition) is 2. The van der Waals surface area contributed by atoms with E-state index in [2.05, 4.69) is 21.2 Å². The summed E-state index contributed by atoms with van der Waals surface area (Å²) in [5, 5.41) is 13.3. The van der Waals surface area contributed by atoms with Gasteiger partial charge in [0.25, 0.3) is 0 Å². The highest BCUT2D eigenvalue weighted by Crippen LogP contribution is 2.24. The first-order valence-electron chi connectivity index (χ1n) is 7.62. The van der Waals surface area contributed by atoms with Crippen LogP contribution in [0.3, 0.4) is 0 Å². The number of benzene rings is 2. The minimum absolute atomic E-state index is 0.0955. The highest BCUT2D eigenvalue weighted by atomic mass is 79.9. The summed E-state index contributed by atoms with van der Waals surface area (Å²) in [5.74, 6) is 0.837. The Labute approximate surface area is 150 Å². The summed E-state index contributed by atoms with van der Waals surface area (Å²) in [6, 6.07) is 13.7. The number of halogens is 2. The Hall–Kier alpha value is -1.07. The number of hydrogen-bond acceptors (Lipinski definition) is 3. The van der Waals surface area contributed by atoms with E-state index >= 15 is 0 Å². The molecule has 0 spiro atoms. The summed E-state index contributed by atoms with van der Waals surface area (Å²) in [5.41, 5.74) is 2.12.